The van der Waals surface area contributed by atoms with Gasteiger partial charge in [0.05, 0.1) is 12.8 Å². The summed E-state index contributed by atoms with van der Waals surface area (Å²) in [5.74, 6) is 1.02. The van der Waals surface area contributed by atoms with Gasteiger partial charge in [-0.15, -0.1) is 0 Å². The molecule has 18 heavy (non-hydrogen) atoms. The minimum Gasteiger partial charge on any atom is -0.468 e. The standard InChI is InChI=1S/C14H18N2OS/c15-8-14(11-5-7-18-10-11)16(12-3-4-12)9-13-2-1-6-17-13/h1-2,5-7,10,12,14H,3-4,8-9,15H2. The zero-order chi connectivity index (χ0) is 12.4. The summed E-state index contributed by atoms with van der Waals surface area (Å²) in [6.07, 6.45) is 4.30. The molecule has 0 saturated heterocycles. The van der Waals surface area contributed by atoms with E-state index in [-0.39, 0.29) is 0 Å². The largest absolute Gasteiger partial charge is 0.468 e. The van der Waals surface area contributed by atoms with Gasteiger partial charge in [-0.25, -0.2) is 0 Å². The summed E-state index contributed by atoms with van der Waals surface area (Å²) in [6.45, 7) is 1.52. The second-order valence-electron chi connectivity index (χ2n) is 4.79. The van der Waals surface area contributed by atoms with Crippen LogP contribution in [0.15, 0.2) is 39.6 Å². The molecule has 1 fully saturated rings. The molecule has 2 heterocycles. The first-order valence-corrected chi connectivity index (χ1v) is 7.33. The molecule has 0 amide bonds. The third kappa shape index (κ3) is 2.51. The first kappa shape index (κ1) is 12.0. The van der Waals surface area contributed by atoms with E-state index in [1.807, 2.05) is 12.1 Å². The van der Waals surface area contributed by atoms with Crippen molar-refractivity contribution < 1.29 is 4.42 Å². The molecule has 3 nitrogen and oxygen atoms in total. The van der Waals surface area contributed by atoms with Gasteiger partial charge in [0.15, 0.2) is 0 Å². The van der Waals surface area contributed by atoms with Crippen molar-refractivity contribution in [2.75, 3.05) is 6.54 Å². The normalized spacial score (nSPS) is 17.2. The van der Waals surface area contributed by atoms with E-state index in [2.05, 4.69) is 21.7 Å². The molecule has 0 aromatic carbocycles. The van der Waals surface area contributed by atoms with Crippen molar-refractivity contribution in [1.82, 2.24) is 4.90 Å². The van der Waals surface area contributed by atoms with Crippen LogP contribution < -0.4 is 5.73 Å². The Labute approximate surface area is 111 Å². The summed E-state index contributed by atoms with van der Waals surface area (Å²) in [4.78, 5) is 2.49. The third-order valence-corrected chi connectivity index (χ3v) is 4.19. The molecule has 0 aliphatic heterocycles. The van der Waals surface area contributed by atoms with Crippen LogP contribution in [0.5, 0.6) is 0 Å². The van der Waals surface area contributed by atoms with Gasteiger partial charge in [-0.05, 0) is 47.4 Å². The molecular weight excluding hydrogens is 244 g/mol. The highest BCUT2D eigenvalue weighted by Gasteiger charge is 2.34. The van der Waals surface area contributed by atoms with Crippen LogP contribution in [0.4, 0.5) is 0 Å². The van der Waals surface area contributed by atoms with E-state index >= 15 is 0 Å². The number of furan rings is 1. The quantitative estimate of drug-likeness (QED) is 0.870. The summed E-state index contributed by atoms with van der Waals surface area (Å²) < 4.78 is 5.47. The Morgan fingerprint density at radius 1 is 1.44 bits per heavy atom. The van der Waals surface area contributed by atoms with Gasteiger partial charge < -0.3 is 10.2 Å². The number of thiophene rings is 1. The Bertz CT molecular complexity index is 462. The minimum absolute atomic E-state index is 0.314. The van der Waals surface area contributed by atoms with Crippen LogP contribution in [-0.4, -0.2) is 17.5 Å². The van der Waals surface area contributed by atoms with Crippen LogP contribution in [0.2, 0.25) is 0 Å². The molecule has 0 bridgehead atoms. The Morgan fingerprint density at radius 3 is 2.89 bits per heavy atom. The molecule has 1 atom stereocenters. The van der Waals surface area contributed by atoms with Gasteiger partial charge in [0, 0.05) is 18.6 Å². The maximum absolute atomic E-state index is 5.99. The number of hydrogen-bond donors (Lipinski definition) is 1. The van der Waals surface area contributed by atoms with E-state index in [9.17, 15) is 0 Å². The maximum atomic E-state index is 5.99. The highest BCUT2D eigenvalue weighted by Crippen LogP contribution is 2.36. The van der Waals surface area contributed by atoms with Gasteiger partial charge in [-0.3, -0.25) is 4.90 Å². The summed E-state index contributed by atoms with van der Waals surface area (Å²) in [5.41, 5.74) is 7.33. The van der Waals surface area contributed by atoms with Crippen molar-refractivity contribution in [2.24, 2.45) is 5.73 Å². The van der Waals surface area contributed by atoms with Crippen molar-refractivity contribution in [1.29, 1.82) is 0 Å². The van der Waals surface area contributed by atoms with Gasteiger partial charge in [-0.2, -0.15) is 11.3 Å². The average Bonchev–Trinajstić information content (AvgIpc) is 2.89. The molecule has 2 aromatic rings. The maximum Gasteiger partial charge on any atom is 0.117 e. The fraction of sp³-hybridized carbons (Fsp3) is 0.429. The van der Waals surface area contributed by atoms with E-state index in [0.717, 1.165) is 12.3 Å². The van der Waals surface area contributed by atoms with Crippen molar-refractivity contribution in [3.05, 3.63) is 46.5 Å². The van der Waals surface area contributed by atoms with Crippen LogP contribution in [0.3, 0.4) is 0 Å². The summed E-state index contributed by atoms with van der Waals surface area (Å²) in [6, 6.07) is 7.15. The van der Waals surface area contributed by atoms with Crippen LogP contribution in [0.25, 0.3) is 0 Å². The Kier molecular flexibility index (Phi) is 3.50. The molecule has 1 saturated carbocycles. The summed E-state index contributed by atoms with van der Waals surface area (Å²) >= 11 is 1.74. The molecular formula is C14H18N2OS. The van der Waals surface area contributed by atoms with Crippen LogP contribution in [0, 0.1) is 0 Å². The van der Waals surface area contributed by atoms with Crippen molar-refractivity contribution in [2.45, 2.75) is 31.5 Å². The molecule has 2 aromatic heterocycles. The topological polar surface area (TPSA) is 42.4 Å². The Hall–Kier alpha value is -1.10. The summed E-state index contributed by atoms with van der Waals surface area (Å²) in [7, 11) is 0. The van der Waals surface area contributed by atoms with Crippen molar-refractivity contribution in [3.8, 4) is 0 Å². The van der Waals surface area contributed by atoms with E-state index in [1.54, 1.807) is 17.6 Å². The zero-order valence-electron chi connectivity index (χ0n) is 10.3. The van der Waals surface area contributed by atoms with Crippen molar-refractivity contribution >= 4 is 11.3 Å². The fourth-order valence-electron chi connectivity index (χ4n) is 2.41. The van der Waals surface area contributed by atoms with E-state index in [4.69, 9.17) is 10.2 Å². The van der Waals surface area contributed by atoms with E-state index in [0.29, 0.717) is 18.6 Å². The van der Waals surface area contributed by atoms with Gasteiger partial charge in [-0.1, -0.05) is 0 Å². The van der Waals surface area contributed by atoms with Gasteiger partial charge in [0.25, 0.3) is 0 Å². The van der Waals surface area contributed by atoms with E-state index < -0.39 is 0 Å². The highest BCUT2D eigenvalue weighted by atomic mass is 32.1. The summed E-state index contributed by atoms with van der Waals surface area (Å²) in [5, 5.41) is 4.32. The first-order chi connectivity index (χ1) is 8.88. The predicted molar refractivity (Wildman–Crippen MR) is 73.4 cm³/mol. The van der Waals surface area contributed by atoms with Gasteiger partial charge in [0.1, 0.15) is 5.76 Å². The van der Waals surface area contributed by atoms with Crippen LogP contribution in [-0.2, 0) is 6.54 Å². The lowest BCUT2D eigenvalue weighted by Gasteiger charge is -2.29. The molecule has 1 unspecified atom stereocenters. The SMILES string of the molecule is NCC(c1ccsc1)N(Cc1ccco1)C1CC1. The second-order valence-corrected chi connectivity index (χ2v) is 5.57. The lowest BCUT2D eigenvalue weighted by Crippen LogP contribution is -2.34. The van der Waals surface area contributed by atoms with Gasteiger partial charge >= 0.3 is 0 Å². The molecule has 96 valence electrons. The predicted octanol–water partition coefficient (Wildman–Crippen LogP) is 3.01. The molecule has 4 heteroatoms. The number of rotatable bonds is 6. The lowest BCUT2D eigenvalue weighted by molar-refractivity contribution is 0.168. The first-order valence-electron chi connectivity index (χ1n) is 6.39. The molecule has 0 spiro atoms. The van der Waals surface area contributed by atoms with E-state index in [1.165, 1.54) is 18.4 Å². The molecule has 1 aliphatic carbocycles. The lowest BCUT2D eigenvalue weighted by atomic mass is 10.1. The highest BCUT2D eigenvalue weighted by molar-refractivity contribution is 7.07. The Balaban J connectivity index is 1.79. The molecule has 1 aliphatic rings. The average molecular weight is 262 g/mol. The third-order valence-electron chi connectivity index (χ3n) is 3.49. The van der Waals surface area contributed by atoms with Crippen LogP contribution in [0.1, 0.15) is 30.2 Å². The van der Waals surface area contributed by atoms with Gasteiger partial charge in [0.2, 0.25) is 0 Å². The zero-order valence-corrected chi connectivity index (χ0v) is 11.1. The number of nitrogens with zero attached hydrogens (tertiary/aromatic N) is 1. The van der Waals surface area contributed by atoms with Crippen LogP contribution >= 0.6 is 11.3 Å². The molecule has 3 rings (SSSR count). The number of nitrogens with two attached hydrogens (primary N) is 1. The smallest absolute Gasteiger partial charge is 0.117 e. The second kappa shape index (κ2) is 5.26. The minimum atomic E-state index is 0.314. The fourth-order valence-corrected chi connectivity index (χ4v) is 3.12. The number of hydrogen-bond acceptors (Lipinski definition) is 4. The van der Waals surface area contributed by atoms with Crippen molar-refractivity contribution in [3.63, 3.8) is 0 Å². The Morgan fingerprint density at radius 2 is 2.33 bits per heavy atom. The monoisotopic (exact) mass is 262 g/mol. The molecule has 0 radical (unpaired) electrons. The molecule has 2 N–H and O–H groups in total.